The van der Waals surface area contributed by atoms with E-state index in [9.17, 15) is 8.42 Å². The second-order valence-corrected chi connectivity index (χ2v) is 13.9. The number of nitrogens with zero attached hydrogens (tertiary/aromatic N) is 6. The van der Waals surface area contributed by atoms with Crippen molar-refractivity contribution in [2.75, 3.05) is 35.7 Å². The molecular weight excluding hydrogens is 543 g/mol. The molecule has 5 heterocycles. The molecule has 6 rings (SSSR count). The molecule has 2 fully saturated rings. The van der Waals surface area contributed by atoms with Crippen LogP contribution in [0.1, 0.15) is 46.1 Å². The normalized spacial score (nSPS) is 20.4. The SMILES string of the molecule is CC1(C)OB(c2cnc(N3CCC(Oc4cc(N5CCc6cc(S(C)(=O)=O)ccc65)ncn4)CC3)nc2)OC1(C)C. The van der Waals surface area contributed by atoms with E-state index in [-0.39, 0.29) is 6.10 Å². The molecule has 3 aliphatic heterocycles. The van der Waals surface area contributed by atoms with Crippen molar-refractivity contribution in [2.45, 2.75) is 69.2 Å². The number of benzene rings is 1. The van der Waals surface area contributed by atoms with Crippen LogP contribution in [0, 0.1) is 0 Å². The van der Waals surface area contributed by atoms with Gasteiger partial charge in [-0.15, -0.1) is 0 Å². The molecule has 11 nitrogen and oxygen atoms in total. The fourth-order valence-corrected chi connectivity index (χ4v) is 6.00. The minimum absolute atomic E-state index is 0.0150. The molecule has 1 aromatic carbocycles. The van der Waals surface area contributed by atoms with E-state index in [0.29, 0.717) is 23.3 Å². The molecule has 13 heteroatoms. The molecule has 2 saturated heterocycles. The molecule has 0 atom stereocenters. The van der Waals surface area contributed by atoms with Gasteiger partial charge in [-0.3, -0.25) is 0 Å². The molecule has 0 saturated carbocycles. The van der Waals surface area contributed by atoms with Gasteiger partial charge in [0.1, 0.15) is 18.2 Å². The van der Waals surface area contributed by atoms with Gasteiger partial charge in [-0.2, -0.15) is 0 Å². The van der Waals surface area contributed by atoms with Crippen LogP contribution in [0.25, 0.3) is 0 Å². The highest BCUT2D eigenvalue weighted by molar-refractivity contribution is 7.90. The zero-order chi connectivity index (χ0) is 29.0. The van der Waals surface area contributed by atoms with E-state index in [1.54, 1.807) is 24.5 Å². The van der Waals surface area contributed by atoms with Gasteiger partial charge in [0.2, 0.25) is 11.8 Å². The number of sulfone groups is 1. The van der Waals surface area contributed by atoms with E-state index >= 15 is 0 Å². The Hall–Kier alpha value is -3.29. The van der Waals surface area contributed by atoms with Crippen molar-refractivity contribution in [1.29, 1.82) is 0 Å². The molecule has 0 spiro atoms. The number of ether oxygens (including phenoxy) is 1. The van der Waals surface area contributed by atoms with Gasteiger partial charge in [0.15, 0.2) is 9.84 Å². The van der Waals surface area contributed by atoms with Crippen molar-refractivity contribution >= 4 is 39.9 Å². The maximum absolute atomic E-state index is 12.0. The summed E-state index contributed by atoms with van der Waals surface area (Å²) in [5.41, 5.74) is 1.94. The Morgan fingerprint density at radius 2 is 1.63 bits per heavy atom. The van der Waals surface area contributed by atoms with E-state index in [1.165, 1.54) is 12.6 Å². The molecule has 0 unspecified atom stereocenters. The van der Waals surface area contributed by atoms with Gasteiger partial charge in [-0.1, -0.05) is 0 Å². The Morgan fingerprint density at radius 3 is 2.29 bits per heavy atom. The summed E-state index contributed by atoms with van der Waals surface area (Å²) in [6.07, 6.45) is 8.69. The van der Waals surface area contributed by atoms with Crippen molar-refractivity contribution in [3.05, 3.63) is 48.5 Å². The van der Waals surface area contributed by atoms with E-state index in [1.807, 2.05) is 39.8 Å². The minimum atomic E-state index is -3.25. The number of piperidine rings is 1. The molecule has 2 aromatic heterocycles. The molecule has 41 heavy (non-hydrogen) atoms. The van der Waals surface area contributed by atoms with Crippen LogP contribution in [-0.4, -0.2) is 78.7 Å². The lowest BCUT2D eigenvalue weighted by atomic mass is 9.81. The molecule has 0 aliphatic carbocycles. The Balaban J connectivity index is 1.06. The van der Waals surface area contributed by atoms with Crippen LogP contribution >= 0.6 is 0 Å². The summed E-state index contributed by atoms with van der Waals surface area (Å²) in [7, 11) is -3.73. The molecular formula is C28H35BN6O5S. The van der Waals surface area contributed by atoms with Crippen molar-refractivity contribution in [2.24, 2.45) is 0 Å². The monoisotopic (exact) mass is 578 g/mol. The molecule has 0 radical (unpaired) electrons. The number of fused-ring (bicyclic) bond motifs is 1. The van der Waals surface area contributed by atoms with Crippen molar-refractivity contribution in [3.8, 4) is 5.88 Å². The molecule has 0 N–H and O–H groups in total. The van der Waals surface area contributed by atoms with Crippen molar-refractivity contribution < 1.29 is 22.5 Å². The Morgan fingerprint density at radius 1 is 0.951 bits per heavy atom. The first-order valence-corrected chi connectivity index (χ1v) is 15.8. The van der Waals surface area contributed by atoms with Gasteiger partial charge < -0.3 is 23.8 Å². The minimum Gasteiger partial charge on any atom is -0.474 e. The number of aromatic nitrogens is 4. The fraction of sp³-hybridized carbons (Fsp3) is 0.500. The average molecular weight is 579 g/mol. The van der Waals surface area contributed by atoms with Crippen LogP contribution in [0.4, 0.5) is 17.5 Å². The summed E-state index contributed by atoms with van der Waals surface area (Å²) >= 11 is 0. The lowest BCUT2D eigenvalue weighted by Crippen LogP contribution is -2.41. The average Bonchev–Trinajstić information content (AvgIpc) is 3.45. The number of hydrogen-bond donors (Lipinski definition) is 0. The first-order valence-electron chi connectivity index (χ1n) is 13.9. The third-order valence-electron chi connectivity index (χ3n) is 8.47. The topological polar surface area (TPSA) is 120 Å². The zero-order valence-electron chi connectivity index (χ0n) is 24.1. The van der Waals surface area contributed by atoms with Gasteiger partial charge in [-0.05, 0) is 57.9 Å². The number of anilines is 3. The molecule has 0 amide bonds. The van der Waals surface area contributed by atoms with Gasteiger partial charge in [0.25, 0.3) is 0 Å². The Labute approximate surface area is 241 Å². The highest BCUT2D eigenvalue weighted by atomic mass is 32.2. The largest absolute Gasteiger partial charge is 0.498 e. The van der Waals surface area contributed by atoms with Crippen LogP contribution in [0.3, 0.4) is 0 Å². The van der Waals surface area contributed by atoms with E-state index < -0.39 is 28.2 Å². The quantitative estimate of drug-likeness (QED) is 0.402. The predicted molar refractivity (Wildman–Crippen MR) is 156 cm³/mol. The van der Waals surface area contributed by atoms with Crippen LogP contribution < -0.4 is 20.0 Å². The second-order valence-electron chi connectivity index (χ2n) is 11.9. The van der Waals surface area contributed by atoms with Gasteiger partial charge in [0, 0.05) is 68.3 Å². The van der Waals surface area contributed by atoms with Gasteiger partial charge in [0.05, 0.1) is 16.1 Å². The number of hydrogen-bond acceptors (Lipinski definition) is 11. The smallest absolute Gasteiger partial charge is 0.474 e. The zero-order valence-corrected chi connectivity index (χ0v) is 24.9. The van der Waals surface area contributed by atoms with Crippen LogP contribution in [0.2, 0.25) is 0 Å². The lowest BCUT2D eigenvalue weighted by Gasteiger charge is -2.32. The summed E-state index contributed by atoms with van der Waals surface area (Å²) in [6, 6.07) is 7.10. The van der Waals surface area contributed by atoms with Crippen LogP contribution in [0.15, 0.2) is 47.9 Å². The number of rotatable bonds is 6. The van der Waals surface area contributed by atoms with Crippen molar-refractivity contribution in [3.63, 3.8) is 0 Å². The van der Waals surface area contributed by atoms with Crippen LogP contribution in [-0.2, 0) is 25.6 Å². The van der Waals surface area contributed by atoms with Crippen molar-refractivity contribution in [1.82, 2.24) is 19.9 Å². The van der Waals surface area contributed by atoms with E-state index in [4.69, 9.17) is 14.0 Å². The second kappa shape index (κ2) is 10.2. The maximum atomic E-state index is 12.0. The van der Waals surface area contributed by atoms with Gasteiger partial charge >= 0.3 is 7.12 Å². The summed E-state index contributed by atoms with van der Waals surface area (Å²) in [4.78, 5) is 22.6. The fourth-order valence-electron chi connectivity index (χ4n) is 5.33. The Kier molecular flexibility index (Phi) is 6.94. The third kappa shape index (κ3) is 5.50. The van der Waals surface area contributed by atoms with E-state index in [2.05, 4.69) is 29.7 Å². The predicted octanol–water partition coefficient (Wildman–Crippen LogP) is 2.71. The summed E-state index contributed by atoms with van der Waals surface area (Å²) in [5, 5.41) is 0. The maximum Gasteiger partial charge on any atom is 0.498 e. The highest BCUT2D eigenvalue weighted by Crippen LogP contribution is 2.37. The molecule has 3 aliphatic rings. The summed E-state index contributed by atoms with van der Waals surface area (Å²) < 4.78 is 42.4. The first kappa shape index (κ1) is 27.9. The standard InChI is InChI=1S/C28H35BN6O5S/c1-27(2)28(3,4)40-29(39-27)20-16-30-26(31-17-20)34-11-9-21(10-12-34)38-25-15-24(32-18-33-25)35-13-8-19-14-22(41(5,36)37)6-7-23(19)35/h6-7,14-18,21H,8-13H2,1-5H3. The molecule has 3 aromatic rings. The molecule has 0 bridgehead atoms. The highest BCUT2D eigenvalue weighted by Gasteiger charge is 2.52. The van der Waals surface area contributed by atoms with Gasteiger partial charge in [-0.25, -0.2) is 28.4 Å². The first-order chi connectivity index (χ1) is 19.4. The van der Waals surface area contributed by atoms with E-state index in [0.717, 1.165) is 54.9 Å². The Bertz CT molecular complexity index is 1530. The van der Waals surface area contributed by atoms with Crippen LogP contribution in [0.5, 0.6) is 5.88 Å². The summed E-state index contributed by atoms with van der Waals surface area (Å²) in [6.45, 7) is 10.4. The summed E-state index contributed by atoms with van der Waals surface area (Å²) in [5.74, 6) is 1.94. The third-order valence-corrected chi connectivity index (χ3v) is 9.58. The lowest BCUT2D eigenvalue weighted by molar-refractivity contribution is 0.00578. The molecule has 216 valence electrons.